The summed E-state index contributed by atoms with van der Waals surface area (Å²) in [6, 6.07) is 25.6. The van der Waals surface area contributed by atoms with Gasteiger partial charge in [-0.3, -0.25) is 0 Å². The third-order valence-electron chi connectivity index (χ3n) is 6.59. The van der Waals surface area contributed by atoms with Crippen LogP contribution in [0.3, 0.4) is 0 Å². The van der Waals surface area contributed by atoms with Crippen LogP contribution < -0.4 is 14.8 Å². The van der Waals surface area contributed by atoms with Crippen molar-refractivity contribution in [2.45, 2.75) is 25.9 Å². The third kappa shape index (κ3) is 4.12. The van der Waals surface area contributed by atoms with Crippen molar-refractivity contribution in [2.75, 3.05) is 19.5 Å². The van der Waals surface area contributed by atoms with Gasteiger partial charge in [0, 0.05) is 17.6 Å². The number of hydrogen-bond acceptors (Lipinski definition) is 3. The minimum Gasteiger partial charge on any atom is -0.493 e. The standard InChI is InChI=1S/C29H29N3O3/c1-4-20-10-5-7-12-23(20)30-29(33)32-19-22-11-6-8-13-24(22)31-17-9-14-25(31)28(32)21-15-16-26(34-2)27(18-21)35-3/h5-18,28H,4,19H2,1-3H3,(H,30,33)/t28-/m0/s1. The number of aromatic nitrogens is 1. The molecule has 1 aliphatic heterocycles. The highest BCUT2D eigenvalue weighted by Crippen LogP contribution is 2.40. The molecule has 1 N–H and O–H groups in total. The van der Waals surface area contributed by atoms with E-state index in [9.17, 15) is 4.79 Å². The second-order valence-corrected chi connectivity index (χ2v) is 8.52. The number of nitrogens with one attached hydrogen (secondary N) is 1. The van der Waals surface area contributed by atoms with Crippen molar-refractivity contribution in [3.8, 4) is 17.2 Å². The van der Waals surface area contributed by atoms with E-state index in [4.69, 9.17) is 9.47 Å². The molecule has 0 bridgehead atoms. The maximum Gasteiger partial charge on any atom is 0.322 e. The van der Waals surface area contributed by atoms with E-state index in [0.717, 1.165) is 40.2 Å². The van der Waals surface area contributed by atoms with Gasteiger partial charge in [0.1, 0.15) is 0 Å². The van der Waals surface area contributed by atoms with Gasteiger partial charge in [-0.15, -0.1) is 0 Å². The summed E-state index contributed by atoms with van der Waals surface area (Å²) in [5.41, 5.74) is 6.02. The maximum atomic E-state index is 13.9. The second-order valence-electron chi connectivity index (χ2n) is 8.52. The summed E-state index contributed by atoms with van der Waals surface area (Å²) in [7, 11) is 3.25. The van der Waals surface area contributed by atoms with E-state index >= 15 is 0 Å². The van der Waals surface area contributed by atoms with Gasteiger partial charge in [0.2, 0.25) is 0 Å². The average Bonchev–Trinajstić information content (AvgIpc) is 3.32. The van der Waals surface area contributed by atoms with Crippen LogP contribution in [0.2, 0.25) is 0 Å². The number of benzene rings is 3. The molecule has 0 aliphatic carbocycles. The van der Waals surface area contributed by atoms with Crippen LogP contribution in [0.5, 0.6) is 11.5 Å². The second kappa shape index (κ2) is 9.58. The van der Waals surface area contributed by atoms with Crippen molar-refractivity contribution < 1.29 is 14.3 Å². The quantitative estimate of drug-likeness (QED) is 0.381. The van der Waals surface area contributed by atoms with Gasteiger partial charge >= 0.3 is 6.03 Å². The van der Waals surface area contributed by atoms with Crippen molar-refractivity contribution in [1.29, 1.82) is 0 Å². The molecule has 2 heterocycles. The molecule has 1 aliphatic rings. The van der Waals surface area contributed by atoms with Crippen LogP contribution in [-0.2, 0) is 13.0 Å². The Morgan fingerprint density at radius 2 is 1.71 bits per heavy atom. The van der Waals surface area contributed by atoms with Gasteiger partial charge in [0.05, 0.1) is 32.5 Å². The predicted molar refractivity (Wildman–Crippen MR) is 138 cm³/mol. The number of methoxy groups -OCH3 is 2. The molecule has 0 unspecified atom stereocenters. The number of hydrogen-bond donors (Lipinski definition) is 1. The summed E-state index contributed by atoms with van der Waals surface area (Å²) in [5.74, 6) is 1.28. The highest BCUT2D eigenvalue weighted by atomic mass is 16.5. The number of ether oxygens (including phenoxy) is 2. The molecule has 5 rings (SSSR count). The van der Waals surface area contributed by atoms with Gasteiger partial charge in [-0.1, -0.05) is 49.4 Å². The fourth-order valence-electron chi connectivity index (χ4n) is 4.85. The Morgan fingerprint density at radius 3 is 2.51 bits per heavy atom. The Morgan fingerprint density at radius 1 is 0.943 bits per heavy atom. The lowest BCUT2D eigenvalue weighted by atomic mass is 10.0. The minimum atomic E-state index is -0.342. The molecule has 1 atom stereocenters. The first kappa shape index (κ1) is 22.6. The molecule has 0 fully saturated rings. The predicted octanol–water partition coefficient (Wildman–Crippen LogP) is 6.19. The fourth-order valence-corrected chi connectivity index (χ4v) is 4.85. The van der Waals surface area contributed by atoms with Crippen LogP contribution >= 0.6 is 0 Å². The summed E-state index contributed by atoms with van der Waals surface area (Å²) >= 11 is 0. The van der Waals surface area contributed by atoms with Gasteiger partial charge in [-0.2, -0.15) is 0 Å². The van der Waals surface area contributed by atoms with E-state index in [2.05, 4.69) is 41.2 Å². The van der Waals surface area contributed by atoms with Gasteiger partial charge in [0.25, 0.3) is 0 Å². The topological polar surface area (TPSA) is 55.7 Å². The van der Waals surface area contributed by atoms with Crippen LogP contribution in [0.15, 0.2) is 85.1 Å². The monoisotopic (exact) mass is 467 g/mol. The molecule has 35 heavy (non-hydrogen) atoms. The number of nitrogens with zero attached hydrogens (tertiary/aromatic N) is 2. The summed E-state index contributed by atoms with van der Waals surface area (Å²) in [6.07, 6.45) is 2.89. The van der Waals surface area contributed by atoms with E-state index in [1.807, 2.05) is 65.6 Å². The number of amides is 2. The largest absolute Gasteiger partial charge is 0.493 e. The van der Waals surface area contributed by atoms with Gasteiger partial charge < -0.3 is 24.3 Å². The molecule has 6 nitrogen and oxygen atoms in total. The number of urea groups is 1. The number of fused-ring (bicyclic) bond motifs is 3. The van der Waals surface area contributed by atoms with Crippen LogP contribution in [0.4, 0.5) is 10.5 Å². The molecule has 0 saturated heterocycles. The van der Waals surface area contributed by atoms with Crippen LogP contribution in [0.1, 0.15) is 35.3 Å². The molecule has 1 aromatic heterocycles. The van der Waals surface area contributed by atoms with Gasteiger partial charge in [-0.05, 0) is 59.5 Å². The Labute approximate surface area is 205 Å². The summed E-state index contributed by atoms with van der Waals surface area (Å²) in [4.78, 5) is 15.8. The molecule has 3 aromatic carbocycles. The molecule has 0 radical (unpaired) electrons. The average molecular weight is 468 g/mol. The highest BCUT2D eigenvalue weighted by Gasteiger charge is 2.33. The number of rotatable bonds is 5. The molecule has 4 aromatic rings. The summed E-state index contributed by atoms with van der Waals surface area (Å²) < 4.78 is 13.2. The number of carbonyl (C=O) groups is 1. The molecular weight excluding hydrogens is 438 g/mol. The van der Waals surface area contributed by atoms with Crippen molar-refractivity contribution >= 4 is 11.7 Å². The van der Waals surface area contributed by atoms with Gasteiger partial charge in [0.15, 0.2) is 11.5 Å². The third-order valence-corrected chi connectivity index (χ3v) is 6.59. The Balaban J connectivity index is 1.65. The number of aryl methyl sites for hydroxylation is 1. The van der Waals surface area contributed by atoms with Crippen LogP contribution in [-0.4, -0.2) is 29.7 Å². The first-order valence-electron chi connectivity index (χ1n) is 11.8. The lowest BCUT2D eigenvalue weighted by Crippen LogP contribution is -2.38. The molecule has 6 heteroatoms. The number of para-hydroxylation sites is 2. The lowest BCUT2D eigenvalue weighted by Gasteiger charge is -2.31. The maximum absolute atomic E-state index is 13.9. The van der Waals surface area contributed by atoms with E-state index in [1.54, 1.807) is 14.2 Å². The van der Waals surface area contributed by atoms with Crippen molar-refractivity contribution in [2.24, 2.45) is 0 Å². The van der Waals surface area contributed by atoms with Crippen LogP contribution in [0, 0.1) is 0 Å². The van der Waals surface area contributed by atoms with E-state index < -0.39 is 0 Å². The van der Waals surface area contributed by atoms with Crippen molar-refractivity contribution in [3.63, 3.8) is 0 Å². The zero-order valence-corrected chi connectivity index (χ0v) is 20.2. The Bertz CT molecular complexity index is 1360. The van der Waals surface area contributed by atoms with Crippen molar-refractivity contribution in [3.05, 3.63) is 107 Å². The van der Waals surface area contributed by atoms with Gasteiger partial charge in [-0.25, -0.2) is 4.79 Å². The SMILES string of the molecule is CCc1ccccc1NC(=O)N1Cc2ccccc2-n2cccc2[C@@H]1c1ccc(OC)c(OC)c1. The van der Waals surface area contributed by atoms with Crippen molar-refractivity contribution in [1.82, 2.24) is 9.47 Å². The lowest BCUT2D eigenvalue weighted by molar-refractivity contribution is 0.194. The van der Waals surface area contributed by atoms with E-state index in [-0.39, 0.29) is 12.1 Å². The van der Waals surface area contributed by atoms with E-state index in [1.165, 1.54) is 0 Å². The zero-order valence-electron chi connectivity index (χ0n) is 20.2. The molecular formula is C29H29N3O3. The first-order chi connectivity index (χ1) is 17.1. The zero-order chi connectivity index (χ0) is 24.4. The van der Waals surface area contributed by atoms with E-state index in [0.29, 0.717) is 18.0 Å². The Kier molecular flexibility index (Phi) is 6.19. The first-order valence-corrected chi connectivity index (χ1v) is 11.8. The highest BCUT2D eigenvalue weighted by molar-refractivity contribution is 5.91. The summed E-state index contributed by atoms with van der Waals surface area (Å²) in [6.45, 7) is 2.55. The number of anilines is 1. The fraction of sp³-hybridized carbons (Fsp3) is 0.207. The molecule has 0 saturated carbocycles. The summed E-state index contributed by atoms with van der Waals surface area (Å²) in [5, 5.41) is 3.19. The smallest absolute Gasteiger partial charge is 0.322 e. The molecule has 0 spiro atoms. The van der Waals surface area contributed by atoms with Crippen LogP contribution in [0.25, 0.3) is 5.69 Å². The molecule has 178 valence electrons. The normalized spacial score (nSPS) is 14.5. The Hall–Kier alpha value is -4.19. The number of carbonyl (C=O) groups excluding carboxylic acids is 1. The minimum absolute atomic E-state index is 0.157. The molecule has 2 amide bonds.